The summed E-state index contributed by atoms with van der Waals surface area (Å²) in [6.45, 7) is 1.68. The van der Waals surface area contributed by atoms with E-state index in [0.29, 0.717) is 0 Å². The van der Waals surface area contributed by atoms with Crippen LogP contribution in [0, 0.1) is 7.14 Å². The predicted molar refractivity (Wildman–Crippen MR) is 68.7 cm³/mol. The molecule has 0 bridgehead atoms. The standard InChI is InChI=1S/C16H14IO2/c1-3-15-11(5-7-18-15)9-13(1)17-14-2-4-16-12(10-14)6-8-19-16/h1-4,9-10H,5-8H2/q+1. The molecular weight excluding hydrogens is 351 g/mol. The van der Waals surface area contributed by atoms with E-state index < -0.39 is 0 Å². The maximum Gasteiger partial charge on any atom is 0.357 e. The van der Waals surface area contributed by atoms with Crippen molar-refractivity contribution in [2.45, 2.75) is 12.8 Å². The van der Waals surface area contributed by atoms with Crippen molar-refractivity contribution in [2.24, 2.45) is 0 Å². The van der Waals surface area contributed by atoms with Gasteiger partial charge in [0.25, 0.3) is 0 Å². The van der Waals surface area contributed by atoms with E-state index in [2.05, 4.69) is 36.4 Å². The average molecular weight is 365 g/mol. The quantitative estimate of drug-likeness (QED) is 0.680. The van der Waals surface area contributed by atoms with Crippen LogP contribution in [0.3, 0.4) is 0 Å². The third kappa shape index (κ3) is 2.20. The third-order valence-electron chi connectivity index (χ3n) is 3.52. The highest BCUT2D eigenvalue weighted by molar-refractivity contribution is 5.37. The van der Waals surface area contributed by atoms with Gasteiger partial charge in [0.15, 0.2) is 7.14 Å². The topological polar surface area (TPSA) is 18.5 Å². The molecule has 4 rings (SSSR count). The summed E-state index contributed by atoms with van der Waals surface area (Å²) in [5.74, 6) is 2.16. The molecule has 2 aliphatic rings. The monoisotopic (exact) mass is 365 g/mol. The summed E-state index contributed by atoms with van der Waals surface area (Å²) in [6, 6.07) is 13.4. The van der Waals surface area contributed by atoms with Crippen LogP contribution in [0.1, 0.15) is 11.1 Å². The highest BCUT2D eigenvalue weighted by Crippen LogP contribution is 2.24. The number of ether oxygens (including phenoxy) is 2. The van der Waals surface area contributed by atoms with Crippen molar-refractivity contribution < 1.29 is 30.7 Å². The first-order valence-corrected chi connectivity index (χ1v) is 8.70. The molecule has 2 aliphatic heterocycles. The molecule has 19 heavy (non-hydrogen) atoms. The number of hydrogen-bond donors (Lipinski definition) is 0. The Bertz CT molecular complexity index is 581. The molecule has 2 nitrogen and oxygen atoms in total. The molecule has 0 aromatic heterocycles. The Balaban J connectivity index is 1.61. The smallest absolute Gasteiger partial charge is 0.357 e. The van der Waals surface area contributed by atoms with E-state index in [4.69, 9.17) is 9.47 Å². The number of hydrogen-bond acceptors (Lipinski definition) is 2. The lowest BCUT2D eigenvalue weighted by Crippen LogP contribution is -3.61. The van der Waals surface area contributed by atoms with Gasteiger partial charge < -0.3 is 9.47 Å². The fraction of sp³-hybridized carbons (Fsp3) is 0.250. The van der Waals surface area contributed by atoms with E-state index in [1.165, 1.54) is 18.3 Å². The van der Waals surface area contributed by atoms with Crippen molar-refractivity contribution in [1.29, 1.82) is 0 Å². The molecule has 0 N–H and O–H groups in total. The van der Waals surface area contributed by atoms with Gasteiger partial charge in [-0.25, -0.2) is 0 Å². The molecule has 2 aromatic carbocycles. The summed E-state index contributed by atoms with van der Waals surface area (Å²) >= 11 is -0.0982. The summed E-state index contributed by atoms with van der Waals surface area (Å²) in [5.41, 5.74) is 2.75. The Hall–Kier alpha value is -1.23. The molecule has 96 valence electrons. The van der Waals surface area contributed by atoms with E-state index in [1.54, 1.807) is 0 Å². The fourth-order valence-corrected chi connectivity index (χ4v) is 5.06. The van der Waals surface area contributed by atoms with Crippen LogP contribution >= 0.6 is 0 Å². The van der Waals surface area contributed by atoms with Gasteiger partial charge in [-0.2, -0.15) is 0 Å². The second-order valence-corrected chi connectivity index (χ2v) is 7.83. The first-order valence-electron chi connectivity index (χ1n) is 6.55. The van der Waals surface area contributed by atoms with Crippen molar-refractivity contribution in [3.05, 3.63) is 54.7 Å². The average Bonchev–Trinajstić information content (AvgIpc) is 3.05. The number of rotatable bonds is 2. The highest BCUT2D eigenvalue weighted by Gasteiger charge is 2.22. The Morgan fingerprint density at radius 1 is 0.737 bits per heavy atom. The van der Waals surface area contributed by atoms with Gasteiger partial charge in [0, 0.05) is 24.0 Å². The summed E-state index contributed by atoms with van der Waals surface area (Å²) < 4.78 is 14.1. The van der Waals surface area contributed by atoms with Crippen LogP contribution in [0.4, 0.5) is 0 Å². The first kappa shape index (κ1) is 11.6. The van der Waals surface area contributed by atoms with Gasteiger partial charge in [0.1, 0.15) is 11.5 Å². The maximum atomic E-state index is 5.56. The molecule has 0 spiro atoms. The lowest BCUT2D eigenvalue weighted by atomic mass is 10.2. The van der Waals surface area contributed by atoms with E-state index in [9.17, 15) is 0 Å². The van der Waals surface area contributed by atoms with Gasteiger partial charge in [-0.1, -0.05) is 0 Å². The van der Waals surface area contributed by atoms with Crippen LogP contribution in [0.25, 0.3) is 0 Å². The zero-order valence-electron chi connectivity index (χ0n) is 10.5. The zero-order valence-corrected chi connectivity index (χ0v) is 12.6. The van der Waals surface area contributed by atoms with Crippen LogP contribution in [0.5, 0.6) is 11.5 Å². The summed E-state index contributed by atoms with van der Waals surface area (Å²) in [7, 11) is 0. The zero-order chi connectivity index (χ0) is 12.7. The van der Waals surface area contributed by atoms with E-state index in [1.807, 2.05) is 0 Å². The minimum atomic E-state index is -0.0982. The van der Waals surface area contributed by atoms with Gasteiger partial charge in [-0.15, -0.1) is 0 Å². The third-order valence-corrected chi connectivity index (χ3v) is 6.11. The molecule has 2 heterocycles. The van der Waals surface area contributed by atoms with Crippen LogP contribution in [-0.2, 0) is 12.8 Å². The summed E-state index contributed by atoms with van der Waals surface area (Å²) in [6.07, 6.45) is 2.12. The molecule has 0 saturated heterocycles. The van der Waals surface area contributed by atoms with E-state index in [-0.39, 0.29) is 21.2 Å². The van der Waals surface area contributed by atoms with E-state index >= 15 is 0 Å². The Labute approximate surface area is 123 Å². The fourth-order valence-electron chi connectivity index (χ4n) is 2.55. The SMILES string of the molecule is c1cc2c(cc1[I+]c1ccc3c(c1)CCO3)CCO2. The van der Waals surface area contributed by atoms with Gasteiger partial charge in [0.05, 0.1) is 13.2 Å². The first-order chi connectivity index (χ1) is 9.38. The summed E-state index contributed by atoms with van der Waals surface area (Å²) in [4.78, 5) is 0. The van der Waals surface area contributed by atoms with Crippen LogP contribution in [-0.4, -0.2) is 13.2 Å². The van der Waals surface area contributed by atoms with Crippen LogP contribution < -0.4 is 30.7 Å². The lowest BCUT2D eigenvalue weighted by Gasteiger charge is -1.97. The largest absolute Gasteiger partial charge is 0.493 e. The number of halogens is 1. The molecule has 0 radical (unpaired) electrons. The molecule has 0 saturated carbocycles. The Morgan fingerprint density at radius 3 is 1.79 bits per heavy atom. The van der Waals surface area contributed by atoms with Crippen molar-refractivity contribution >= 4 is 0 Å². The molecule has 0 unspecified atom stereocenters. The van der Waals surface area contributed by atoms with Crippen LogP contribution in [0.15, 0.2) is 36.4 Å². The molecule has 2 aromatic rings. The number of benzene rings is 2. The molecule has 3 heteroatoms. The van der Waals surface area contributed by atoms with Gasteiger partial charge in [0.2, 0.25) is 0 Å². The van der Waals surface area contributed by atoms with Gasteiger partial charge >= 0.3 is 21.2 Å². The molecule has 0 fully saturated rings. The van der Waals surface area contributed by atoms with Gasteiger partial charge in [-0.3, -0.25) is 0 Å². The Morgan fingerprint density at radius 2 is 1.26 bits per heavy atom. The maximum absolute atomic E-state index is 5.56. The van der Waals surface area contributed by atoms with Crippen molar-refractivity contribution in [1.82, 2.24) is 0 Å². The molecular formula is C16H14IO2+. The minimum Gasteiger partial charge on any atom is -0.493 e. The lowest BCUT2D eigenvalue weighted by molar-refractivity contribution is -0.597. The van der Waals surface area contributed by atoms with Crippen molar-refractivity contribution in [2.75, 3.05) is 13.2 Å². The molecule has 0 atom stereocenters. The summed E-state index contributed by atoms with van der Waals surface area (Å²) in [5, 5.41) is 0. The Kier molecular flexibility index (Phi) is 2.87. The molecule has 0 amide bonds. The van der Waals surface area contributed by atoms with Crippen LogP contribution in [0.2, 0.25) is 0 Å². The highest BCUT2D eigenvalue weighted by atomic mass is 127. The molecule has 0 aliphatic carbocycles. The number of fused-ring (bicyclic) bond motifs is 2. The normalized spacial score (nSPS) is 15.6. The minimum absolute atomic E-state index is 0.0982. The van der Waals surface area contributed by atoms with Crippen molar-refractivity contribution in [3.63, 3.8) is 0 Å². The predicted octanol–water partition coefficient (Wildman–Crippen LogP) is -0.315. The van der Waals surface area contributed by atoms with Crippen molar-refractivity contribution in [3.8, 4) is 11.5 Å². The van der Waals surface area contributed by atoms with E-state index in [0.717, 1.165) is 37.6 Å². The second kappa shape index (κ2) is 4.71. The van der Waals surface area contributed by atoms with Gasteiger partial charge in [-0.05, 0) is 36.4 Å². The second-order valence-electron chi connectivity index (χ2n) is 4.80.